The summed E-state index contributed by atoms with van der Waals surface area (Å²) in [7, 11) is 1.46. The molecule has 0 bridgehead atoms. The number of hydrogen-bond donors (Lipinski definition) is 2. The van der Waals surface area contributed by atoms with Crippen LogP contribution in [0, 0.1) is 11.7 Å². The summed E-state index contributed by atoms with van der Waals surface area (Å²) in [6.07, 6.45) is 1.76. The number of nitrogens with one attached hydrogen (secondary N) is 1. The van der Waals surface area contributed by atoms with Gasteiger partial charge in [0.15, 0.2) is 17.5 Å². The Morgan fingerprint density at radius 3 is 2.85 bits per heavy atom. The Balaban J connectivity index is 2.36. The molecule has 0 radical (unpaired) electrons. The van der Waals surface area contributed by atoms with Crippen LogP contribution in [0.5, 0.6) is 5.75 Å². The van der Waals surface area contributed by atoms with Gasteiger partial charge >= 0.3 is 0 Å². The number of hydrogen-bond acceptors (Lipinski definition) is 2. The molecule has 0 aliphatic carbocycles. The smallest absolute Gasteiger partial charge is 0.188 e. The molecule has 0 amide bonds. The number of benzene rings is 1. The van der Waals surface area contributed by atoms with E-state index in [0.717, 1.165) is 24.9 Å². The van der Waals surface area contributed by atoms with Crippen LogP contribution in [0.15, 0.2) is 23.2 Å². The number of ether oxygens (including phenoxy) is 1. The van der Waals surface area contributed by atoms with Gasteiger partial charge in [-0.2, -0.15) is 0 Å². The Labute approximate surface area is 120 Å². The quantitative estimate of drug-likeness (QED) is 0.595. The maximum Gasteiger partial charge on any atom is 0.188 e. The number of methoxy groups -OCH3 is 1. The van der Waals surface area contributed by atoms with E-state index in [1.54, 1.807) is 12.1 Å². The van der Waals surface area contributed by atoms with E-state index < -0.39 is 0 Å². The van der Waals surface area contributed by atoms with Crippen molar-refractivity contribution < 1.29 is 9.13 Å². The highest BCUT2D eigenvalue weighted by Gasteiger charge is 2.03. The molecule has 1 aromatic rings. The molecule has 0 aliphatic heterocycles. The number of halogens is 1. The van der Waals surface area contributed by atoms with Crippen molar-refractivity contribution in [1.29, 1.82) is 0 Å². The third-order valence-electron chi connectivity index (χ3n) is 2.92. The van der Waals surface area contributed by atoms with Crippen LogP contribution in [0.25, 0.3) is 0 Å². The first-order chi connectivity index (χ1) is 9.52. The largest absolute Gasteiger partial charge is 0.494 e. The second-order valence-corrected chi connectivity index (χ2v) is 5.10. The highest BCUT2D eigenvalue weighted by molar-refractivity contribution is 5.77. The Bertz CT molecular complexity index is 447. The van der Waals surface area contributed by atoms with Gasteiger partial charge < -0.3 is 15.8 Å². The molecule has 0 spiro atoms. The summed E-state index contributed by atoms with van der Waals surface area (Å²) in [6, 6.07) is 4.85. The van der Waals surface area contributed by atoms with Crippen LogP contribution in [-0.4, -0.2) is 26.2 Å². The topological polar surface area (TPSA) is 59.6 Å². The number of nitrogens with two attached hydrogens (primary N) is 1. The lowest BCUT2D eigenvalue weighted by Gasteiger charge is -2.08. The van der Waals surface area contributed by atoms with Gasteiger partial charge in [0.05, 0.1) is 7.11 Å². The zero-order valence-electron chi connectivity index (χ0n) is 12.4. The lowest BCUT2D eigenvalue weighted by atomic mass is 10.1. The molecule has 0 unspecified atom stereocenters. The summed E-state index contributed by atoms with van der Waals surface area (Å²) in [5.74, 6) is 0.998. The zero-order valence-corrected chi connectivity index (χ0v) is 12.4. The van der Waals surface area contributed by atoms with Crippen LogP contribution >= 0.6 is 0 Å². The molecule has 0 saturated heterocycles. The average Bonchev–Trinajstić information content (AvgIpc) is 2.40. The number of rotatable bonds is 7. The van der Waals surface area contributed by atoms with Gasteiger partial charge in [0.25, 0.3) is 0 Å². The van der Waals surface area contributed by atoms with Gasteiger partial charge in [0.1, 0.15) is 0 Å². The Morgan fingerprint density at radius 2 is 2.20 bits per heavy atom. The van der Waals surface area contributed by atoms with Crippen LogP contribution in [0.3, 0.4) is 0 Å². The van der Waals surface area contributed by atoms with Crippen LogP contribution in [0.2, 0.25) is 0 Å². The zero-order chi connectivity index (χ0) is 15.0. The molecule has 0 atom stereocenters. The number of aliphatic imine (C=N–C) groups is 1. The summed E-state index contributed by atoms with van der Waals surface area (Å²) in [6.45, 7) is 5.70. The van der Waals surface area contributed by atoms with E-state index in [0.29, 0.717) is 18.4 Å². The minimum absolute atomic E-state index is 0.265. The summed E-state index contributed by atoms with van der Waals surface area (Å²) < 4.78 is 18.2. The maximum absolute atomic E-state index is 13.2. The Kier molecular flexibility index (Phi) is 6.84. The Hall–Kier alpha value is -1.78. The minimum Gasteiger partial charge on any atom is -0.494 e. The van der Waals surface area contributed by atoms with Gasteiger partial charge in [0.2, 0.25) is 0 Å². The van der Waals surface area contributed by atoms with E-state index in [2.05, 4.69) is 24.2 Å². The van der Waals surface area contributed by atoms with Crippen molar-refractivity contribution in [3.8, 4) is 5.75 Å². The van der Waals surface area contributed by atoms with Gasteiger partial charge in [-0.05, 0) is 36.5 Å². The van der Waals surface area contributed by atoms with Gasteiger partial charge in [-0.25, -0.2) is 4.39 Å². The minimum atomic E-state index is -0.348. The molecule has 0 aliphatic rings. The predicted octanol–water partition coefficient (Wildman–Crippen LogP) is 2.33. The maximum atomic E-state index is 13.2. The molecule has 0 heterocycles. The molecule has 112 valence electrons. The summed E-state index contributed by atoms with van der Waals surface area (Å²) >= 11 is 0. The Morgan fingerprint density at radius 1 is 1.45 bits per heavy atom. The van der Waals surface area contributed by atoms with Crippen molar-refractivity contribution in [1.82, 2.24) is 5.32 Å². The van der Waals surface area contributed by atoms with E-state index in [9.17, 15) is 4.39 Å². The molecule has 0 aromatic heterocycles. The van der Waals surface area contributed by atoms with Crippen molar-refractivity contribution in [2.45, 2.75) is 26.7 Å². The van der Waals surface area contributed by atoms with Crippen molar-refractivity contribution in [2.24, 2.45) is 16.6 Å². The van der Waals surface area contributed by atoms with E-state index in [1.807, 2.05) is 0 Å². The van der Waals surface area contributed by atoms with Crippen molar-refractivity contribution >= 4 is 5.96 Å². The van der Waals surface area contributed by atoms with E-state index in [1.165, 1.54) is 13.2 Å². The van der Waals surface area contributed by atoms with Gasteiger partial charge in [0, 0.05) is 13.1 Å². The van der Waals surface area contributed by atoms with Gasteiger partial charge in [-0.1, -0.05) is 19.9 Å². The molecular formula is C15H24FN3O. The highest BCUT2D eigenvalue weighted by Crippen LogP contribution is 2.18. The van der Waals surface area contributed by atoms with Gasteiger partial charge in [-0.15, -0.1) is 0 Å². The number of guanidine groups is 1. The molecule has 4 nitrogen and oxygen atoms in total. The standard InChI is InChI=1S/C15H24FN3O/c1-11(2)6-8-18-15(17)19-9-7-12-4-5-13(16)14(10-12)20-3/h4-5,10-11H,6-9H2,1-3H3,(H3,17,18,19). The van der Waals surface area contributed by atoms with Crippen molar-refractivity contribution in [3.05, 3.63) is 29.6 Å². The SMILES string of the molecule is COc1cc(CCNC(N)=NCCC(C)C)ccc1F. The summed E-state index contributed by atoms with van der Waals surface area (Å²) in [4.78, 5) is 4.24. The number of nitrogens with zero attached hydrogens (tertiary/aromatic N) is 1. The van der Waals surface area contributed by atoms with E-state index in [4.69, 9.17) is 10.5 Å². The van der Waals surface area contributed by atoms with Crippen LogP contribution in [0.1, 0.15) is 25.8 Å². The second-order valence-electron chi connectivity index (χ2n) is 5.10. The molecule has 0 fully saturated rings. The summed E-state index contributed by atoms with van der Waals surface area (Å²) in [5.41, 5.74) is 6.75. The predicted molar refractivity (Wildman–Crippen MR) is 80.6 cm³/mol. The second kappa shape index (κ2) is 8.40. The first-order valence-corrected chi connectivity index (χ1v) is 6.89. The van der Waals surface area contributed by atoms with Crippen LogP contribution in [-0.2, 0) is 6.42 Å². The molecule has 20 heavy (non-hydrogen) atoms. The molecular weight excluding hydrogens is 257 g/mol. The molecule has 1 aromatic carbocycles. The fourth-order valence-electron chi connectivity index (χ4n) is 1.69. The third kappa shape index (κ3) is 5.91. The molecule has 1 rings (SSSR count). The fraction of sp³-hybridized carbons (Fsp3) is 0.533. The average molecular weight is 281 g/mol. The first-order valence-electron chi connectivity index (χ1n) is 6.89. The third-order valence-corrected chi connectivity index (χ3v) is 2.92. The molecule has 3 N–H and O–H groups in total. The fourth-order valence-corrected chi connectivity index (χ4v) is 1.69. The normalized spacial score (nSPS) is 11.8. The molecule has 5 heteroatoms. The van der Waals surface area contributed by atoms with E-state index in [-0.39, 0.29) is 11.6 Å². The lowest BCUT2D eigenvalue weighted by molar-refractivity contribution is 0.386. The monoisotopic (exact) mass is 281 g/mol. The highest BCUT2D eigenvalue weighted by atomic mass is 19.1. The van der Waals surface area contributed by atoms with Crippen LogP contribution in [0.4, 0.5) is 4.39 Å². The van der Waals surface area contributed by atoms with Gasteiger partial charge in [-0.3, -0.25) is 4.99 Å². The molecule has 0 saturated carbocycles. The van der Waals surface area contributed by atoms with Crippen LogP contribution < -0.4 is 15.8 Å². The van der Waals surface area contributed by atoms with Crippen molar-refractivity contribution in [3.63, 3.8) is 0 Å². The van der Waals surface area contributed by atoms with E-state index >= 15 is 0 Å². The lowest BCUT2D eigenvalue weighted by Crippen LogP contribution is -2.33. The summed E-state index contributed by atoms with van der Waals surface area (Å²) in [5, 5.41) is 3.05. The van der Waals surface area contributed by atoms with Crippen molar-refractivity contribution in [2.75, 3.05) is 20.2 Å². The first kappa shape index (κ1) is 16.3.